The molecule has 5 heterocycles. The Balaban J connectivity index is 0.725. The Bertz CT molecular complexity index is 3730. The van der Waals surface area contributed by atoms with Crippen LogP contribution in [0, 0.1) is 24.6 Å². The van der Waals surface area contributed by atoms with E-state index in [1.807, 2.05) is 55.5 Å². The first kappa shape index (κ1) is 67.7. The van der Waals surface area contributed by atoms with E-state index < -0.39 is 77.2 Å². The van der Waals surface area contributed by atoms with E-state index in [2.05, 4.69) is 33.2 Å². The summed E-state index contributed by atoms with van der Waals surface area (Å²) in [6.07, 6.45) is 5.34. The van der Waals surface area contributed by atoms with E-state index in [0.717, 1.165) is 28.8 Å². The van der Waals surface area contributed by atoms with Crippen molar-refractivity contribution >= 4 is 70.0 Å². The van der Waals surface area contributed by atoms with Gasteiger partial charge in [0.15, 0.2) is 5.60 Å². The number of halogens is 1. The summed E-state index contributed by atoms with van der Waals surface area (Å²) in [4.78, 5) is 131. The number of anilines is 1. The van der Waals surface area contributed by atoms with Crippen LogP contribution in [0.3, 0.4) is 0 Å². The Labute approximate surface area is 534 Å². The lowest BCUT2D eigenvalue weighted by atomic mass is 9.81. The minimum atomic E-state index is -2.06. The van der Waals surface area contributed by atoms with Crippen molar-refractivity contribution in [2.24, 2.45) is 17.6 Å². The zero-order valence-corrected chi connectivity index (χ0v) is 53.2. The average molecular weight is 1270 g/mol. The molecule has 0 bridgehead atoms. The van der Waals surface area contributed by atoms with Crippen LogP contribution in [-0.4, -0.2) is 125 Å². The van der Waals surface area contributed by atoms with Gasteiger partial charge in [0.1, 0.15) is 24.5 Å². The molecule has 2 aromatic heterocycles. The summed E-state index contributed by atoms with van der Waals surface area (Å²) in [6, 6.07) is 15.7. The van der Waals surface area contributed by atoms with Gasteiger partial charge in [0.05, 0.1) is 67.8 Å². The summed E-state index contributed by atoms with van der Waals surface area (Å²) < 4.78 is 28.0. The van der Waals surface area contributed by atoms with Crippen LogP contribution in [0.1, 0.15) is 148 Å². The molecule has 7 amide bonds. The Morgan fingerprint density at radius 1 is 0.902 bits per heavy atom. The molecule has 23 heteroatoms. The molecule has 3 aliphatic heterocycles. The van der Waals surface area contributed by atoms with Gasteiger partial charge in [-0.2, -0.15) is 0 Å². The topological polar surface area (TPSA) is 303 Å². The third kappa shape index (κ3) is 14.8. The van der Waals surface area contributed by atoms with Crippen LogP contribution in [0.4, 0.5) is 10.1 Å². The number of likely N-dealkylation sites (tertiary alicyclic amines) is 1. The fraction of sp³-hybridized carbons (Fsp3) is 0.478. The summed E-state index contributed by atoms with van der Waals surface area (Å²) in [5.74, 6) is -4.80. The molecule has 0 radical (unpaired) electrons. The van der Waals surface area contributed by atoms with Crippen molar-refractivity contribution in [1.29, 1.82) is 0 Å². The first-order valence-corrected chi connectivity index (χ1v) is 32.1. The molecule has 490 valence electrons. The van der Waals surface area contributed by atoms with Crippen LogP contribution < -0.4 is 42.8 Å². The Morgan fingerprint density at radius 3 is 2.35 bits per heavy atom. The zero-order valence-electron chi connectivity index (χ0n) is 53.2. The van der Waals surface area contributed by atoms with Gasteiger partial charge in [0.25, 0.3) is 5.56 Å². The van der Waals surface area contributed by atoms with Gasteiger partial charge < -0.3 is 61.3 Å². The number of hydrogen-bond donors (Lipinski definition) is 7. The number of pyridine rings is 2. The lowest BCUT2D eigenvalue weighted by molar-refractivity contribution is -0.172. The molecule has 0 saturated carbocycles. The second-order valence-electron chi connectivity index (χ2n) is 24.5. The molecule has 0 unspecified atom stereocenters. The second kappa shape index (κ2) is 30.2. The molecule has 4 aliphatic rings. The highest BCUT2D eigenvalue weighted by Crippen LogP contribution is 2.46. The van der Waals surface area contributed by atoms with Gasteiger partial charge in [-0.1, -0.05) is 82.8 Å². The van der Waals surface area contributed by atoms with Gasteiger partial charge >= 0.3 is 5.97 Å². The highest BCUT2D eigenvalue weighted by atomic mass is 19.1. The summed E-state index contributed by atoms with van der Waals surface area (Å²) >= 11 is 0. The molecular formula is C69H85FN10O12. The molecule has 92 heavy (non-hydrogen) atoms. The van der Waals surface area contributed by atoms with Crippen molar-refractivity contribution in [1.82, 2.24) is 41.0 Å². The van der Waals surface area contributed by atoms with Crippen molar-refractivity contribution in [2.45, 2.75) is 155 Å². The fourth-order valence-electron chi connectivity index (χ4n) is 13.0. The number of aryl methyl sites for hydroxylation is 2. The summed E-state index contributed by atoms with van der Waals surface area (Å²) in [6.45, 7) is 13.6. The van der Waals surface area contributed by atoms with E-state index in [-0.39, 0.29) is 99.8 Å². The number of unbranched alkanes of at least 4 members (excludes halogenated alkanes) is 1. The number of rotatable bonds is 28. The minimum Gasteiger partial charge on any atom is -0.458 e. The van der Waals surface area contributed by atoms with Crippen molar-refractivity contribution in [3.8, 4) is 11.4 Å². The fourth-order valence-corrected chi connectivity index (χ4v) is 13.0. The third-order valence-corrected chi connectivity index (χ3v) is 18.3. The third-order valence-electron chi connectivity index (χ3n) is 18.3. The Hall–Kier alpha value is -8.67. The molecule has 8 N–H and O–H groups in total. The van der Waals surface area contributed by atoms with Gasteiger partial charge in [-0.15, -0.1) is 0 Å². The van der Waals surface area contributed by atoms with Crippen molar-refractivity contribution in [3.05, 3.63) is 133 Å². The second-order valence-corrected chi connectivity index (χ2v) is 24.5. The van der Waals surface area contributed by atoms with Crippen LogP contribution in [0.15, 0.2) is 72.0 Å². The number of piperidine rings is 1. The van der Waals surface area contributed by atoms with E-state index in [9.17, 15) is 48.3 Å². The number of nitrogens with two attached hydrogens (primary N) is 1. The number of aromatic nitrogens is 2. The normalized spacial score (nSPS) is 17.2. The maximum Gasteiger partial charge on any atom is 0.343 e. The molecule has 3 aromatic carbocycles. The van der Waals surface area contributed by atoms with E-state index in [1.54, 1.807) is 49.6 Å². The van der Waals surface area contributed by atoms with Gasteiger partial charge in [0.2, 0.25) is 41.4 Å². The first-order chi connectivity index (χ1) is 44.2. The number of fused-ring (bicyclic) bond motifs is 5. The van der Waals surface area contributed by atoms with Gasteiger partial charge in [0, 0.05) is 66.7 Å². The van der Waals surface area contributed by atoms with Crippen LogP contribution >= 0.6 is 0 Å². The number of esters is 1. The molecule has 4 atom stereocenters. The molecule has 1 saturated heterocycles. The van der Waals surface area contributed by atoms with Crippen molar-refractivity contribution < 1.29 is 57.3 Å². The number of ether oxygens (including phenoxy) is 2. The summed E-state index contributed by atoms with van der Waals surface area (Å²) in [5.41, 5.74) is 10.6. The van der Waals surface area contributed by atoms with E-state index >= 15 is 4.39 Å². The maximum atomic E-state index is 15.5. The number of carbonyl (C=O) groups excluding carboxylic acids is 8. The standard InChI is InChI=1S/C69H85FN10O12/c1-7-42-16-10-11-18-45(42)37-79(54-20-13-12-17-43(54)8-2)59(84)23-29-72-64(85)44-24-30-78(31-25-44)58(83)27-33-91-32-26-56(81)77-62(40(4)5)66(87)76-52(19-14-15-28-71)65(86)73-36-57(82)74-51-22-21-46-41(6)50(70)35-53-60(46)61(51)47-38-80-55(63(47)75-53)34-49-48(67(80)88)39-92-68(89)69(49,90)9-3/h7,10-13,16-18,20,34-35,40,44,51-52,62,90H,1,8-9,14-15,19,21-33,36-39,71H2,2-6H3,(H,72,85)(H,73,86)(H,74,82)(H,76,87)(H,77,81)/t51-,52-,62-,69-/m0/s1. The number of aliphatic hydroxyl groups is 1. The highest BCUT2D eigenvalue weighted by Gasteiger charge is 2.46. The van der Waals surface area contributed by atoms with Crippen LogP contribution in [-0.2, 0) is 86.0 Å². The van der Waals surface area contributed by atoms with Crippen LogP contribution in [0.5, 0.6) is 0 Å². The zero-order chi connectivity index (χ0) is 66.0. The number of cyclic esters (lactones) is 1. The van der Waals surface area contributed by atoms with Crippen LogP contribution in [0.2, 0.25) is 0 Å². The van der Waals surface area contributed by atoms with Crippen molar-refractivity contribution in [3.63, 3.8) is 0 Å². The Morgan fingerprint density at radius 2 is 1.63 bits per heavy atom. The number of nitrogens with zero attached hydrogens (tertiary/aromatic N) is 4. The maximum absolute atomic E-state index is 15.5. The largest absolute Gasteiger partial charge is 0.458 e. The number of nitrogens with one attached hydrogen (secondary N) is 5. The van der Waals surface area contributed by atoms with Gasteiger partial charge in [-0.3, -0.25) is 38.4 Å². The molecule has 9 rings (SSSR count). The number of para-hydroxylation sites is 1. The Kier molecular flexibility index (Phi) is 22.2. The number of carbonyl (C=O) groups is 8. The molecule has 22 nitrogen and oxygen atoms in total. The molecule has 5 aromatic rings. The van der Waals surface area contributed by atoms with E-state index in [4.69, 9.17) is 20.2 Å². The predicted octanol–water partition coefficient (Wildman–Crippen LogP) is 5.48. The van der Waals surface area contributed by atoms with Gasteiger partial charge in [-0.05, 0) is 123 Å². The monoisotopic (exact) mass is 1260 g/mol. The SMILES string of the molecule is C=Cc1ccccc1CN(C(=O)CCNC(=O)C1CCN(C(=O)CCOCCC(=O)N[C@H](C(=O)N[C@@H](CCCCN)C(=O)NCC(=O)N[C@H]2CCc3c(C)c(F)cc4nc5c(c2c34)Cn2c-5cc3c(c2=O)COC(=O)[C@]3(O)CC)C(C)C)CC1)c1ccccc1CC. The van der Waals surface area contributed by atoms with Gasteiger partial charge in [-0.25, -0.2) is 14.2 Å². The molecular weight excluding hydrogens is 1180 g/mol. The lowest BCUT2D eigenvalue weighted by Crippen LogP contribution is -2.56. The first-order valence-electron chi connectivity index (χ1n) is 32.1. The van der Waals surface area contributed by atoms with E-state index in [0.29, 0.717) is 109 Å². The smallest absolute Gasteiger partial charge is 0.343 e. The number of benzene rings is 3. The number of hydrogen-bond acceptors (Lipinski definition) is 14. The van der Waals surface area contributed by atoms with E-state index in [1.165, 1.54) is 10.6 Å². The average Bonchev–Trinajstić information content (AvgIpc) is 1.46. The lowest BCUT2D eigenvalue weighted by Gasteiger charge is -2.31. The van der Waals surface area contributed by atoms with Crippen molar-refractivity contribution in [2.75, 3.05) is 50.8 Å². The highest BCUT2D eigenvalue weighted by molar-refractivity contribution is 5.97. The summed E-state index contributed by atoms with van der Waals surface area (Å²) in [7, 11) is 0. The number of amides is 7. The predicted molar refractivity (Wildman–Crippen MR) is 344 cm³/mol. The molecule has 1 fully saturated rings. The summed E-state index contributed by atoms with van der Waals surface area (Å²) in [5, 5.41) is 26.3. The molecule has 0 spiro atoms. The quantitative estimate of drug-likeness (QED) is 0.0236. The minimum absolute atomic E-state index is 0.0356. The van der Waals surface area contributed by atoms with Crippen LogP contribution in [0.25, 0.3) is 28.4 Å². The molecule has 1 aliphatic carbocycles.